The zero-order valence-corrected chi connectivity index (χ0v) is 45.2. The maximum atomic E-state index is 18.2. The zero-order valence-electron chi connectivity index (χ0n) is 44.2. The Morgan fingerprint density at radius 2 is 1.67 bits per heavy atom. The first-order chi connectivity index (χ1) is 34.4. The van der Waals surface area contributed by atoms with Gasteiger partial charge in [0.25, 0.3) is 0 Å². The third-order valence-electron chi connectivity index (χ3n) is 15.3. The van der Waals surface area contributed by atoms with Crippen LogP contribution in [0.3, 0.4) is 0 Å². The lowest BCUT2D eigenvalue weighted by Gasteiger charge is -2.42. The van der Waals surface area contributed by atoms with Crippen molar-refractivity contribution in [2.45, 2.75) is 180 Å². The van der Waals surface area contributed by atoms with Gasteiger partial charge in [-0.3, -0.25) is 19.6 Å². The van der Waals surface area contributed by atoms with E-state index in [1.165, 1.54) is 6.07 Å². The summed E-state index contributed by atoms with van der Waals surface area (Å²) in [6.07, 6.45) is 8.79. The fourth-order valence-corrected chi connectivity index (χ4v) is 17.1. The van der Waals surface area contributed by atoms with Gasteiger partial charge in [-0.1, -0.05) is 53.5 Å². The number of likely N-dealkylation sites (tertiary alicyclic amines) is 1. The number of pyridine rings is 1. The molecule has 0 radical (unpaired) electrons. The number of piperazine rings is 1. The molecule has 4 saturated heterocycles. The van der Waals surface area contributed by atoms with Crippen molar-refractivity contribution in [1.82, 2.24) is 24.8 Å². The van der Waals surface area contributed by atoms with Gasteiger partial charge in [0.15, 0.2) is 12.1 Å². The summed E-state index contributed by atoms with van der Waals surface area (Å²) in [7, 11) is -2.34. The fourth-order valence-electron chi connectivity index (χ4n) is 11.9. The Hall–Kier alpha value is -5.11. The number of benzene rings is 2. The molecule has 0 N–H and O–H groups in total. The van der Waals surface area contributed by atoms with E-state index in [0.717, 1.165) is 64.5 Å². The maximum Gasteiger partial charge on any atom is 0.410 e. The average molecular weight is 1010 g/mol. The number of fused-ring (bicyclic) bond motifs is 4. The number of amides is 1. The number of anilines is 1. The van der Waals surface area contributed by atoms with Crippen LogP contribution in [0.25, 0.3) is 32.9 Å². The van der Waals surface area contributed by atoms with Gasteiger partial charge in [-0.15, -0.1) is 5.54 Å². The number of esters is 1. The molecule has 3 unspecified atom stereocenters. The summed E-state index contributed by atoms with van der Waals surface area (Å²) in [5.41, 5.74) is 4.47. The summed E-state index contributed by atoms with van der Waals surface area (Å²) in [6, 6.07) is 6.49. The molecule has 390 valence electrons. The molecule has 1 amide bonds. The first kappa shape index (κ1) is 53.2. The summed E-state index contributed by atoms with van der Waals surface area (Å²) >= 11 is 0. The molecule has 6 heterocycles. The molecule has 2 aromatic carbocycles. The maximum absolute atomic E-state index is 18.2. The third kappa shape index (κ3) is 11.5. The lowest BCUT2D eigenvalue weighted by Crippen LogP contribution is -2.57. The molecule has 4 fully saturated rings. The van der Waals surface area contributed by atoms with Crippen molar-refractivity contribution in [3.63, 3.8) is 0 Å². The van der Waals surface area contributed by atoms with Crippen LogP contribution in [-0.4, -0.2) is 121 Å². The summed E-state index contributed by atoms with van der Waals surface area (Å²) in [5.74, 6) is 2.90. The monoisotopic (exact) mass is 1010 g/mol. The number of rotatable bonds is 16. The van der Waals surface area contributed by atoms with Crippen molar-refractivity contribution in [3.8, 4) is 34.5 Å². The molecule has 0 aliphatic carbocycles. The normalized spacial score (nSPS) is 20.7. The van der Waals surface area contributed by atoms with Crippen LogP contribution in [0.15, 0.2) is 30.5 Å². The topological polar surface area (TPSA) is 129 Å². The molecule has 4 aromatic rings. The first-order valence-corrected chi connectivity index (χ1v) is 28.8. The Kier molecular flexibility index (Phi) is 16.7. The van der Waals surface area contributed by atoms with Crippen LogP contribution in [0.5, 0.6) is 11.8 Å². The second-order valence-corrected chi connectivity index (χ2v) is 27.7. The number of nitrogens with zero attached hydrogens (tertiary/aromatic N) is 6. The first-order valence-electron chi connectivity index (χ1n) is 26.6. The summed E-state index contributed by atoms with van der Waals surface area (Å²) in [4.78, 5) is 46.6. The van der Waals surface area contributed by atoms with E-state index in [1.807, 2.05) is 38.7 Å². The van der Waals surface area contributed by atoms with E-state index in [2.05, 4.69) is 62.8 Å². The number of hydrogen-bond acceptors (Lipinski definition) is 12. The number of aromatic nitrogens is 3. The zero-order chi connectivity index (χ0) is 51.5. The van der Waals surface area contributed by atoms with Crippen LogP contribution in [0.4, 0.5) is 19.4 Å². The van der Waals surface area contributed by atoms with E-state index in [-0.39, 0.29) is 59.6 Å². The molecule has 72 heavy (non-hydrogen) atoms. The van der Waals surface area contributed by atoms with Crippen molar-refractivity contribution in [2.24, 2.45) is 0 Å². The lowest BCUT2D eigenvalue weighted by atomic mass is 9.95. The molecule has 16 heteroatoms. The summed E-state index contributed by atoms with van der Waals surface area (Å²) in [6.45, 7) is 24.5. The number of carbonyl (C=O) groups is 2. The summed E-state index contributed by atoms with van der Waals surface area (Å²) in [5, 5.41) is 1.45. The Morgan fingerprint density at radius 1 is 0.931 bits per heavy atom. The van der Waals surface area contributed by atoms with Crippen LogP contribution >= 0.6 is 0 Å². The van der Waals surface area contributed by atoms with Crippen LogP contribution in [0.1, 0.15) is 139 Å². The molecule has 2 aromatic heterocycles. The Balaban J connectivity index is 1.23. The quantitative estimate of drug-likeness (QED) is 0.0458. The summed E-state index contributed by atoms with van der Waals surface area (Å²) < 4.78 is 64.7. The highest BCUT2D eigenvalue weighted by atomic mass is 28.3. The molecular formula is C56H76F2N6O7Si. The second-order valence-electron chi connectivity index (χ2n) is 22.1. The van der Waals surface area contributed by atoms with Crippen LogP contribution in [0, 0.1) is 23.1 Å². The highest BCUT2D eigenvalue weighted by Gasteiger charge is 2.46. The molecule has 13 nitrogen and oxygen atoms in total. The van der Waals surface area contributed by atoms with E-state index < -0.39 is 31.6 Å². The van der Waals surface area contributed by atoms with Gasteiger partial charge in [0.05, 0.1) is 36.2 Å². The van der Waals surface area contributed by atoms with Crippen molar-refractivity contribution < 1.29 is 42.1 Å². The van der Waals surface area contributed by atoms with E-state index in [4.69, 9.17) is 38.6 Å². The van der Waals surface area contributed by atoms with E-state index in [0.29, 0.717) is 89.1 Å². The van der Waals surface area contributed by atoms with Gasteiger partial charge in [-0.2, -0.15) is 9.97 Å². The van der Waals surface area contributed by atoms with Gasteiger partial charge >= 0.3 is 18.1 Å². The number of ether oxygens (including phenoxy) is 5. The molecule has 4 aliphatic heterocycles. The molecule has 4 atom stereocenters. The molecular weight excluding hydrogens is 935 g/mol. The standard InChI is InChI=1S/C56H76F2N6O7Si/c1-11-67-47(65)18-12-14-25-62-26-16-17-41(62)34-69-54-60-52-45(53(61-54)63-32-39-21-22-40(33-63)64(39)55(66)71-56(8,9)10)31-59-51(50(52)58)44-30-42(70-48-19-13-15-27-68-48)29-38-20-23-46(57)43(49(38)44)24-28-72(35(2)3,36(4)5)37(6)7/h20,23,29-31,35-37,39-41,48H,11-19,21-22,25-27,32-34H2,1-10H3/t39?,40?,41-,48?/m0/s1. The lowest BCUT2D eigenvalue weighted by molar-refractivity contribution is -0.143. The smallest absolute Gasteiger partial charge is 0.410 e. The van der Waals surface area contributed by atoms with Gasteiger partial charge in [0.2, 0.25) is 0 Å². The van der Waals surface area contributed by atoms with Gasteiger partial charge in [0, 0.05) is 49.1 Å². The van der Waals surface area contributed by atoms with Gasteiger partial charge < -0.3 is 28.6 Å². The molecule has 2 bridgehead atoms. The second kappa shape index (κ2) is 22.6. The Morgan fingerprint density at radius 3 is 2.33 bits per heavy atom. The average Bonchev–Trinajstić information content (AvgIpc) is 3.89. The minimum Gasteiger partial charge on any atom is -0.466 e. The molecule has 8 rings (SSSR count). The van der Waals surface area contributed by atoms with Crippen LogP contribution < -0.4 is 14.4 Å². The number of hydrogen-bond donors (Lipinski definition) is 0. The number of halogens is 2. The molecule has 0 spiro atoms. The van der Waals surface area contributed by atoms with E-state index in [9.17, 15) is 9.59 Å². The Bertz CT molecular complexity index is 2630. The predicted octanol–water partition coefficient (Wildman–Crippen LogP) is 11.8. The van der Waals surface area contributed by atoms with Gasteiger partial charge in [-0.05, 0) is 132 Å². The van der Waals surface area contributed by atoms with Crippen LogP contribution in [0.2, 0.25) is 16.6 Å². The van der Waals surface area contributed by atoms with Gasteiger partial charge in [0.1, 0.15) is 48.9 Å². The fraction of sp³-hybridized carbons (Fsp3) is 0.625. The van der Waals surface area contributed by atoms with E-state index in [1.54, 1.807) is 18.3 Å². The number of carbonyl (C=O) groups excluding carboxylic acids is 2. The molecule has 0 saturated carbocycles. The van der Waals surface area contributed by atoms with Crippen molar-refractivity contribution in [1.29, 1.82) is 0 Å². The van der Waals surface area contributed by atoms with Crippen molar-refractivity contribution in [2.75, 3.05) is 50.9 Å². The Labute approximate surface area is 426 Å². The predicted molar refractivity (Wildman–Crippen MR) is 280 cm³/mol. The largest absolute Gasteiger partial charge is 0.466 e. The highest BCUT2D eigenvalue weighted by molar-refractivity contribution is 6.90. The minimum atomic E-state index is -2.34. The highest BCUT2D eigenvalue weighted by Crippen LogP contribution is 2.44. The molecule has 4 aliphatic rings. The third-order valence-corrected chi connectivity index (χ3v) is 21.6. The van der Waals surface area contributed by atoms with Crippen molar-refractivity contribution >= 4 is 47.6 Å². The number of unbranched alkanes of at least 4 members (excludes halogenated alkanes) is 1. The van der Waals surface area contributed by atoms with Crippen molar-refractivity contribution in [3.05, 3.63) is 47.7 Å². The van der Waals surface area contributed by atoms with Crippen LogP contribution in [-0.2, 0) is 19.0 Å². The van der Waals surface area contributed by atoms with E-state index >= 15 is 8.78 Å². The SMILES string of the molecule is CCOC(=O)CCCCN1CCC[C@H]1COc1nc(N2CC3CCC(C2)N3C(=O)OC(C)(C)C)c2cnc(-c3cc(OC4CCCCO4)cc4ccc(F)c(C#C[Si](C(C)C)(C(C)C)C(C)C)c34)c(F)c2n1. The minimum absolute atomic E-state index is 0.00846. The van der Waals surface area contributed by atoms with Gasteiger partial charge in [-0.25, -0.2) is 13.6 Å².